The third-order valence-electron chi connectivity index (χ3n) is 3.78. The van der Waals surface area contributed by atoms with Gasteiger partial charge in [-0.05, 0) is 51.3 Å². The summed E-state index contributed by atoms with van der Waals surface area (Å²) in [5.74, 6) is 0. The van der Waals surface area contributed by atoms with Crippen LogP contribution in [0.2, 0.25) is 0 Å². The predicted octanol–water partition coefficient (Wildman–Crippen LogP) is 2.62. The van der Waals surface area contributed by atoms with Crippen LogP contribution in [0.4, 0.5) is 5.69 Å². The summed E-state index contributed by atoms with van der Waals surface area (Å²) in [5.41, 5.74) is 10.3. The van der Waals surface area contributed by atoms with Crippen LogP contribution >= 0.6 is 0 Å². The number of nitrogens with zero attached hydrogens (tertiary/aromatic N) is 1. The predicted molar refractivity (Wildman–Crippen MR) is 69.9 cm³/mol. The van der Waals surface area contributed by atoms with Crippen molar-refractivity contribution in [2.45, 2.75) is 45.7 Å². The van der Waals surface area contributed by atoms with Crippen molar-refractivity contribution in [2.75, 3.05) is 11.4 Å². The molecule has 0 spiro atoms. The van der Waals surface area contributed by atoms with Gasteiger partial charge in [-0.15, -0.1) is 0 Å². The number of anilines is 1. The fraction of sp³-hybridized carbons (Fsp3) is 0.571. The molecule has 2 heteroatoms. The lowest BCUT2D eigenvalue weighted by Gasteiger charge is -2.35. The van der Waals surface area contributed by atoms with Crippen molar-refractivity contribution in [1.29, 1.82) is 0 Å². The minimum absolute atomic E-state index is 0.179. The lowest BCUT2D eigenvalue weighted by Crippen LogP contribution is -2.38. The maximum absolute atomic E-state index is 6.08. The summed E-state index contributed by atoms with van der Waals surface area (Å²) in [5, 5.41) is 0. The van der Waals surface area contributed by atoms with Crippen LogP contribution in [0.1, 0.15) is 31.4 Å². The first-order valence-corrected chi connectivity index (χ1v) is 6.01. The molecule has 1 unspecified atom stereocenters. The Bertz CT molecular complexity index is 396. The van der Waals surface area contributed by atoms with Gasteiger partial charge in [0.15, 0.2) is 0 Å². The Balaban J connectivity index is 2.41. The highest BCUT2D eigenvalue weighted by atomic mass is 15.2. The SMILES string of the molecule is Cc1cccc(N2CC(N)CC2(C)C)c1C. The second-order valence-corrected chi connectivity index (χ2v) is 5.61. The third kappa shape index (κ3) is 1.82. The van der Waals surface area contributed by atoms with Gasteiger partial charge in [0.25, 0.3) is 0 Å². The summed E-state index contributed by atoms with van der Waals surface area (Å²) in [6.07, 6.45) is 1.07. The highest BCUT2D eigenvalue weighted by Crippen LogP contribution is 2.35. The first-order chi connectivity index (χ1) is 7.42. The standard InChI is InChI=1S/C14H22N2/c1-10-6-5-7-13(11(10)2)16-9-12(15)8-14(16,3)4/h5-7,12H,8-9,15H2,1-4H3. The molecule has 2 nitrogen and oxygen atoms in total. The number of hydrogen-bond donors (Lipinski definition) is 1. The molecule has 1 heterocycles. The summed E-state index contributed by atoms with van der Waals surface area (Å²) < 4.78 is 0. The third-order valence-corrected chi connectivity index (χ3v) is 3.78. The quantitative estimate of drug-likeness (QED) is 0.785. The smallest absolute Gasteiger partial charge is 0.0403 e. The Morgan fingerprint density at radius 1 is 1.31 bits per heavy atom. The van der Waals surface area contributed by atoms with Gasteiger partial charge in [0.05, 0.1) is 0 Å². The molecule has 0 bridgehead atoms. The highest BCUT2D eigenvalue weighted by Gasteiger charge is 2.37. The van der Waals surface area contributed by atoms with Crippen molar-refractivity contribution >= 4 is 5.69 Å². The molecule has 1 aliphatic heterocycles. The molecular formula is C14H22N2. The van der Waals surface area contributed by atoms with E-state index in [1.807, 2.05) is 0 Å². The zero-order chi connectivity index (χ0) is 11.9. The molecule has 1 saturated heterocycles. The Morgan fingerprint density at radius 3 is 2.56 bits per heavy atom. The molecular weight excluding hydrogens is 196 g/mol. The average molecular weight is 218 g/mol. The zero-order valence-electron chi connectivity index (χ0n) is 10.7. The number of hydrogen-bond acceptors (Lipinski definition) is 2. The minimum atomic E-state index is 0.179. The first-order valence-electron chi connectivity index (χ1n) is 6.01. The fourth-order valence-electron chi connectivity index (χ4n) is 2.75. The lowest BCUT2D eigenvalue weighted by atomic mass is 9.98. The molecule has 2 rings (SSSR count). The van der Waals surface area contributed by atoms with E-state index in [0.29, 0.717) is 6.04 Å². The molecule has 1 aromatic carbocycles. The van der Waals surface area contributed by atoms with Gasteiger partial charge < -0.3 is 10.6 Å². The first kappa shape index (κ1) is 11.5. The van der Waals surface area contributed by atoms with Gasteiger partial charge in [0.1, 0.15) is 0 Å². The molecule has 88 valence electrons. The molecule has 0 aromatic heterocycles. The zero-order valence-corrected chi connectivity index (χ0v) is 10.7. The Labute approximate surface area is 98.4 Å². The van der Waals surface area contributed by atoms with E-state index >= 15 is 0 Å². The van der Waals surface area contributed by atoms with E-state index in [1.54, 1.807) is 0 Å². The molecule has 0 saturated carbocycles. The largest absolute Gasteiger partial charge is 0.365 e. The fourth-order valence-corrected chi connectivity index (χ4v) is 2.75. The van der Waals surface area contributed by atoms with Crippen LogP contribution in [0.15, 0.2) is 18.2 Å². The van der Waals surface area contributed by atoms with Crippen molar-refractivity contribution in [1.82, 2.24) is 0 Å². The van der Waals surface area contributed by atoms with Gasteiger partial charge >= 0.3 is 0 Å². The lowest BCUT2D eigenvalue weighted by molar-refractivity contribution is 0.505. The average Bonchev–Trinajstić information content (AvgIpc) is 2.44. The van der Waals surface area contributed by atoms with Crippen molar-refractivity contribution in [2.24, 2.45) is 5.73 Å². The van der Waals surface area contributed by atoms with E-state index in [-0.39, 0.29) is 5.54 Å². The van der Waals surface area contributed by atoms with Gasteiger partial charge in [-0.1, -0.05) is 12.1 Å². The van der Waals surface area contributed by atoms with Gasteiger partial charge in [0, 0.05) is 23.8 Å². The molecule has 1 aliphatic rings. The van der Waals surface area contributed by atoms with Gasteiger partial charge in [0.2, 0.25) is 0 Å². The van der Waals surface area contributed by atoms with E-state index in [1.165, 1.54) is 16.8 Å². The summed E-state index contributed by atoms with van der Waals surface area (Å²) in [7, 11) is 0. The van der Waals surface area contributed by atoms with E-state index in [4.69, 9.17) is 5.73 Å². The number of benzene rings is 1. The maximum atomic E-state index is 6.08. The number of rotatable bonds is 1. The van der Waals surface area contributed by atoms with E-state index in [0.717, 1.165) is 13.0 Å². The van der Waals surface area contributed by atoms with Crippen molar-refractivity contribution < 1.29 is 0 Å². The number of nitrogens with two attached hydrogens (primary N) is 1. The molecule has 0 radical (unpaired) electrons. The van der Waals surface area contributed by atoms with Crippen LogP contribution in [0.25, 0.3) is 0 Å². The summed E-state index contributed by atoms with van der Waals surface area (Å²) in [6, 6.07) is 6.82. The van der Waals surface area contributed by atoms with Crippen molar-refractivity contribution in [3.05, 3.63) is 29.3 Å². The Hall–Kier alpha value is -1.02. The maximum Gasteiger partial charge on any atom is 0.0403 e. The molecule has 0 amide bonds. The van der Waals surface area contributed by atoms with E-state index in [2.05, 4.69) is 50.8 Å². The molecule has 1 fully saturated rings. The summed E-state index contributed by atoms with van der Waals surface area (Å²) in [4.78, 5) is 2.46. The highest BCUT2D eigenvalue weighted by molar-refractivity contribution is 5.58. The van der Waals surface area contributed by atoms with Crippen LogP contribution in [0.5, 0.6) is 0 Å². The van der Waals surface area contributed by atoms with Crippen LogP contribution in [-0.2, 0) is 0 Å². The Morgan fingerprint density at radius 2 is 2.00 bits per heavy atom. The van der Waals surface area contributed by atoms with Crippen LogP contribution < -0.4 is 10.6 Å². The second-order valence-electron chi connectivity index (χ2n) is 5.61. The van der Waals surface area contributed by atoms with Gasteiger partial charge in [-0.2, -0.15) is 0 Å². The topological polar surface area (TPSA) is 29.3 Å². The summed E-state index contributed by atoms with van der Waals surface area (Å²) in [6.45, 7) is 9.90. The van der Waals surface area contributed by atoms with Crippen LogP contribution in [-0.4, -0.2) is 18.1 Å². The normalized spacial score (nSPS) is 23.8. The molecule has 1 aromatic rings. The van der Waals surface area contributed by atoms with Gasteiger partial charge in [-0.3, -0.25) is 0 Å². The minimum Gasteiger partial charge on any atom is -0.365 e. The monoisotopic (exact) mass is 218 g/mol. The molecule has 1 atom stereocenters. The molecule has 2 N–H and O–H groups in total. The molecule has 16 heavy (non-hydrogen) atoms. The van der Waals surface area contributed by atoms with E-state index in [9.17, 15) is 0 Å². The molecule has 0 aliphatic carbocycles. The van der Waals surface area contributed by atoms with Crippen molar-refractivity contribution in [3.63, 3.8) is 0 Å². The van der Waals surface area contributed by atoms with Crippen molar-refractivity contribution in [3.8, 4) is 0 Å². The summed E-state index contributed by atoms with van der Waals surface area (Å²) >= 11 is 0. The van der Waals surface area contributed by atoms with Crippen LogP contribution in [0.3, 0.4) is 0 Å². The van der Waals surface area contributed by atoms with Crippen LogP contribution in [0, 0.1) is 13.8 Å². The van der Waals surface area contributed by atoms with E-state index < -0.39 is 0 Å². The second kappa shape index (κ2) is 3.77. The van der Waals surface area contributed by atoms with Gasteiger partial charge in [-0.25, -0.2) is 0 Å². The number of aryl methyl sites for hydroxylation is 1. The Kier molecular flexibility index (Phi) is 2.70.